The molecule has 124 valence electrons. The van der Waals surface area contributed by atoms with Crippen molar-refractivity contribution in [3.05, 3.63) is 47.5 Å². The number of carbonyl (C=O) groups is 1. The molecule has 0 amide bonds. The lowest BCUT2D eigenvalue weighted by Crippen LogP contribution is -2.25. The molecule has 0 atom stereocenters. The van der Waals surface area contributed by atoms with Gasteiger partial charge in [-0.3, -0.25) is 9.88 Å². The molecule has 24 heavy (non-hydrogen) atoms. The van der Waals surface area contributed by atoms with Gasteiger partial charge in [-0.25, -0.2) is 9.78 Å². The summed E-state index contributed by atoms with van der Waals surface area (Å²) in [5.41, 5.74) is 1.89. The summed E-state index contributed by atoms with van der Waals surface area (Å²) in [7, 11) is 0. The Morgan fingerprint density at radius 3 is 2.71 bits per heavy atom. The van der Waals surface area contributed by atoms with Crippen LogP contribution in [0.25, 0.3) is 0 Å². The number of nitrogens with zero attached hydrogens (tertiary/aromatic N) is 3. The fraction of sp³-hybridized carbons (Fsp3) is 0.353. The van der Waals surface area contributed by atoms with Crippen LogP contribution in [0.4, 0.5) is 0 Å². The Morgan fingerprint density at radius 2 is 2.00 bits per heavy atom. The van der Waals surface area contributed by atoms with E-state index in [-0.39, 0.29) is 12.5 Å². The van der Waals surface area contributed by atoms with Crippen LogP contribution < -0.4 is 9.47 Å². The lowest BCUT2D eigenvalue weighted by molar-refractivity contribution is 0.0690. The highest BCUT2D eigenvalue weighted by Crippen LogP contribution is 2.34. The van der Waals surface area contributed by atoms with Gasteiger partial charge < -0.3 is 14.6 Å². The smallest absolute Gasteiger partial charge is 0.356 e. The number of rotatable bonds is 6. The van der Waals surface area contributed by atoms with Crippen molar-refractivity contribution in [3.63, 3.8) is 0 Å². The van der Waals surface area contributed by atoms with Gasteiger partial charge in [-0.2, -0.15) is 0 Å². The van der Waals surface area contributed by atoms with Crippen LogP contribution >= 0.6 is 0 Å². The normalized spacial score (nSPS) is 15.7. The molecule has 4 rings (SSSR count). The first kappa shape index (κ1) is 14.9. The fourth-order valence-electron chi connectivity index (χ4n) is 2.78. The van der Waals surface area contributed by atoms with Crippen molar-refractivity contribution in [1.82, 2.24) is 14.9 Å². The van der Waals surface area contributed by atoms with Gasteiger partial charge in [-0.05, 0) is 30.5 Å². The van der Waals surface area contributed by atoms with Gasteiger partial charge in [0.15, 0.2) is 17.2 Å². The van der Waals surface area contributed by atoms with Crippen molar-refractivity contribution < 1.29 is 19.4 Å². The molecule has 0 unspecified atom stereocenters. The third kappa shape index (κ3) is 3.16. The number of benzene rings is 1. The Balaban J connectivity index is 1.47. The van der Waals surface area contributed by atoms with Gasteiger partial charge in [0.25, 0.3) is 0 Å². The van der Waals surface area contributed by atoms with Gasteiger partial charge in [-0.15, -0.1) is 0 Å². The summed E-state index contributed by atoms with van der Waals surface area (Å²) in [4.78, 5) is 21.3. The molecule has 0 bridgehead atoms. The van der Waals surface area contributed by atoms with E-state index in [1.54, 1.807) is 6.20 Å². The van der Waals surface area contributed by atoms with Crippen LogP contribution in [0.3, 0.4) is 0 Å². The maximum atomic E-state index is 10.9. The molecule has 1 aliphatic heterocycles. The maximum Gasteiger partial charge on any atom is 0.356 e. The first-order valence-corrected chi connectivity index (χ1v) is 7.86. The van der Waals surface area contributed by atoms with Crippen molar-refractivity contribution in [1.29, 1.82) is 0 Å². The second kappa shape index (κ2) is 6.09. The van der Waals surface area contributed by atoms with Crippen LogP contribution in [0.1, 0.15) is 34.6 Å². The highest BCUT2D eigenvalue weighted by atomic mass is 16.7. The summed E-state index contributed by atoms with van der Waals surface area (Å²) in [6, 6.07) is 6.53. The number of hydrogen-bond acceptors (Lipinski definition) is 6. The number of ether oxygens (including phenoxy) is 2. The highest BCUT2D eigenvalue weighted by Gasteiger charge is 2.29. The zero-order chi connectivity index (χ0) is 16.5. The number of aromatic carboxylic acids is 1. The zero-order valence-electron chi connectivity index (χ0n) is 13.0. The molecule has 2 heterocycles. The molecule has 1 aromatic carbocycles. The summed E-state index contributed by atoms with van der Waals surface area (Å²) >= 11 is 0. The number of fused-ring (bicyclic) bond motifs is 1. The summed E-state index contributed by atoms with van der Waals surface area (Å²) in [6.45, 7) is 1.70. The van der Waals surface area contributed by atoms with Crippen LogP contribution in [0.15, 0.2) is 30.6 Å². The maximum absolute atomic E-state index is 10.9. The van der Waals surface area contributed by atoms with E-state index in [1.165, 1.54) is 19.0 Å². The lowest BCUT2D eigenvalue weighted by atomic mass is 10.2. The molecule has 1 fully saturated rings. The molecule has 0 saturated heterocycles. The van der Waals surface area contributed by atoms with Crippen molar-refractivity contribution in [2.45, 2.75) is 32.0 Å². The van der Waals surface area contributed by atoms with Crippen molar-refractivity contribution >= 4 is 5.97 Å². The zero-order valence-corrected chi connectivity index (χ0v) is 13.0. The molecule has 2 aromatic rings. The van der Waals surface area contributed by atoms with E-state index in [0.717, 1.165) is 29.3 Å². The van der Waals surface area contributed by atoms with Crippen molar-refractivity contribution in [2.75, 3.05) is 6.79 Å². The second-order valence-electron chi connectivity index (χ2n) is 6.02. The number of hydrogen-bond donors (Lipinski definition) is 1. The average molecular weight is 327 g/mol. The molecule has 7 nitrogen and oxygen atoms in total. The second-order valence-corrected chi connectivity index (χ2v) is 6.02. The van der Waals surface area contributed by atoms with E-state index in [1.807, 2.05) is 18.2 Å². The summed E-state index contributed by atoms with van der Waals surface area (Å²) in [6.07, 6.45) is 5.19. The Bertz CT molecular complexity index is 759. The van der Waals surface area contributed by atoms with Crippen LogP contribution in [-0.4, -0.2) is 38.8 Å². The minimum atomic E-state index is -1.06. The largest absolute Gasteiger partial charge is 0.476 e. The molecular formula is C17H17N3O4. The van der Waals surface area contributed by atoms with Gasteiger partial charge in [0, 0.05) is 19.1 Å². The number of carboxylic acid groups (broad SMARTS) is 1. The first-order chi connectivity index (χ1) is 11.7. The summed E-state index contributed by atoms with van der Waals surface area (Å²) in [5, 5.41) is 8.89. The van der Waals surface area contributed by atoms with Crippen LogP contribution in [0, 0.1) is 0 Å². The van der Waals surface area contributed by atoms with Gasteiger partial charge >= 0.3 is 5.97 Å². The van der Waals surface area contributed by atoms with Gasteiger partial charge in [0.2, 0.25) is 6.79 Å². The Morgan fingerprint density at radius 1 is 1.17 bits per heavy atom. The molecule has 1 aromatic heterocycles. The Labute approximate surface area is 138 Å². The van der Waals surface area contributed by atoms with E-state index in [4.69, 9.17) is 14.6 Å². The molecule has 1 saturated carbocycles. The van der Waals surface area contributed by atoms with E-state index in [2.05, 4.69) is 14.9 Å². The molecule has 0 spiro atoms. The topological polar surface area (TPSA) is 84.8 Å². The van der Waals surface area contributed by atoms with E-state index < -0.39 is 5.97 Å². The van der Waals surface area contributed by atoms with E-state index in [9.17, 15) is 4.79 Å². The van der Waals surface area contributed by atoms with Crippen LogP contribution in [0.2, 0.25) is 0 Å². The first-order valence-electron chi connectivity index (χ1n) is 7.86. The third-order valence-corrected chi connectivity index (χ3v) is 4.18. The quantitative estimate of drug-likeness (QED) is 0.869. The molecule has 0 radical (unpaired) electrons. The Hall–Kier alpha value is -2.67. The molecule has 7 heteroatoms. The predicted molar refractivity (Wildman–Crippen MR) is 83.8 cm³/mol. The highest BCUT2D eigenvalue weighted by molar-refractivity contribution is 5.84. The van der Waals surface area contributed by atoms with Crippen molar-refractivity contribution in [3.8, 4) is 11.5 Å². The lowest BCUT2D eigenvalue weighted by Gasteiger charge is -2.21. The third-order valence-electron chi connectivity index (χ3n) is 4.18. The van der Waals surface area contributed by atoms with E-state index in [0.29, 0.717) is 12.6 Å². The van der Waals surface area contributed by atoms with Crippen LogP contribution in [0.5, 0.6) is 11.5 Å². The van der Waals surface area contributed by atoms with E-state index >= 15 is 0 Å². The summed E-state index contributed by atoms with van der Waals surface area (Å²) in [5.74, 6) is 0.508. The average Bonchev–Trinajstić information content (AvgIpc) is 3.33. The fourth-order valence-corrected chi connectivity index (χ4v) is 2.78. The van der Waals surface area contributed by atoms with Gasteiger partial charge in [0.1, 0.15) is 0 Å². The van der Waals surface area contributed by atoms with Gasteiger partial charge in [0.05, 0.1) is 18.1 Å². The minimum Gasteiger partial charge on any atom is -0.476 e. The number of aromatic nitrogens is 2. The molecule has 2 aliphatic rings. The standard InChI is InChI=1S/C17H17N3O4/c21-17(22)14-7-18-12(6-19-14)9-20(13-2-3-13)8-11-1-4-15-16(5-11)24-10-23-15/h1,4-7,13H,2-3,8-10H2,(H,21,22). The molecule has 1 aliphatic carbocycles. The minimum absolute atomic E-state index is 0.0347. The summed E-state index contributed by atoms with van der Waals surface area (Å²) < 4.78 is 10.8. The monoisotopic (exact) mass is 327 g/mol. The van der Waals surface area contributed by atoms with Crippen LogP contribution in [-0.2, 0) is 13.1 Å². The van der Waals surface area contributed by atoms with Crippen molar-refractivity contribution in [2.24, 2.45) is 0 Å². The molecule has 1 N–H and O–H groups in total. The Kier molecular flexibility index (Phi) is 3.78. The van der Waals surface area contributed by atoms with Gasteiger partial charge in [-0.1, -0.05) is 6.07 Å². The SMILES string of the molecule is O=C(O)c1cnc(CN(Cc2ccc3c(c2)OCO3)C2CC2)cn1. The molecular weight excluding hydrogens is 310 g/mol. The predicted octanol–water partition coefficient (Wildman–Crippen LogP) is 2.07. The number of carboxylic acids is 1.